The van der Waals surface area contributed by atoms with E-state index in [4.69, 9.17) is 11.2 Å². The van der Waals surface area contributed by atoms with Gasteiger partial charge in [0.2, 0.25) is 0 Å². The average molecular weight is 532 g/mol. The Morgan fingerprint density at radius 1 is 1.14 bits per heavy atom. The van der Waals surface area contributed by atoms with Gasteiger partial charge in [-0.1, -0.05) is 35.5 Å². The van der Waals surface area contributed by atoms with Crippen molar-refractivity contribution in [2.45, 2.75) is 31.2 Å². The minimum absolute atomic E-state index is 0.133. The molecular weight excluding hydrogens is 506 g/mol. The zero-order valence-corrected chi connectivity index (χ0v) is 21.9. The van der Waals surface area contributed by atoms with Crippen LogP contribution in [0.1, 0.15) is 29.3 Å². The van der Waals surface area contributed by atoms with Gasteiger partial charge in [-0.25, -0.2) is 8.42 Å². The first-order chi connectivity index (χ1) is 17.9. The van der Waals surface area contributed by atoms with Crippen molar-refractivity contribution in [3.8, 4) is 18.1 Å². The smallest absolute Gasteiger partial charge is 0.279 e. The van der Waals surface area contributed by atoms with Crippen molar-refractivity contribution in [3.05, 3.63) is 82.7 Å². The molecule has 7 nitrogen and oxygen atoms in total. The number of amides is 1. The Hall–Kier alpha value is -3.87. The molecule has 3 aromatic carbocycles. The molecule has 0 unspecified atom stereocenters. The molecule has 0 saturated carbocycles. The fraction of sp³-hybridized carbons (Fsp3) is 0.214. The van der Waals surface area contributed by atoms with Crippen molar-refractivity contribution in [1.29, 1.82) is 0 Å². The number of carbonyl (C=O) groups is 1. The predicted molar refractivity (Wildman–Crippen MR) is 145 cm³/mol. The number of hydrogen-bond acceptors (Lipinski definition) is 5. The van der Waals surface area contributed by atoms with Gasteiger partial charge in [0.25, 0.3) is 15.9 Å². The summed E-state index contributed by atoms with van der Waals surface area (Å²) >= 11 is 1.34. The van der Waals surface area contributed by atoms with E-state index in [1.165, 1.54) is 39.9 Å². The molecule has 1 aliphatic rings. The third kappa shape index (κ3) is 4.78. The number of rotatable bonds is 6. The molecule has 37 heavy (non-hydrogen) atoms. The molecule has 0 bridgehead atoms. The summed E-state index contributed by atoms with van der Waals surface area (Å²) in [5, 5.41) is 0. The van der Waals surface area contributed by atoms with E-state index in [-0.39, 0.29) is 17.0 Å². The number of carbonyl (C=O) groups excluding carboxylic acids is 1. The van der Waals surface area contributed by atoms with Gasteiger partial charge in [-0.15, -0.1) is 6.42 Å². The fourth-order valence-corrected chi connectivity index (χ4v) is 7.03. The number of anilines is 1. The number of hydrogen-bond donors (Lipinski definition) is 0. The molecule has 9 heteroatoms. The molecular formula is C28H25N3O4S2. The highest BCUT2D eigenvalue weighted by molar-refractivity contribution is 7.92. The molecule has 4 aromatic rings. The van der Waals surface area contributed by atoms with Gasteiger partial charge in [-0.05, 0) is 73.9 Å². The number of sulfonamides is 1. The Balaban J connectivity index is 1.46. The van der Waals surface area contributed by atoms with Gasteiger partial charge < -0.3 is 9.30 Å². The Kier molecular flexibility index (Phi) is 6.87. The Morgan fingerprint density at radius 3 is 2.68 bits per heavy atom. The van der Waals surface area contributed by atoms with E-state index in [9.17, 15) is 13.2 Å². The Labute approximate surface area is 219 Å². The van der Waals surface area contributed by atoms with Gasteiger partial charge >= 0.3 is 0 Å². The van der Waals surface area contributed by atoms with Crippen LogP contribution >= 0.6 is 11.3 Å². The zero-order valence-electron chi connectivity index (χ0n) is 20.3. The van der Waals surface area contributed by atoms with Gasteiger partial charge in [0.15, 0.2) is 4.80 Å². The summed E-state index contributed by atoms with van der Waals surface area (Å²) in [5.74, 6) is 2.87. The van der Waals surface area contributed by atoms with Gasteiger partial charge in [0.05, 0.1) is 34.0 Å². The maximum Gasteiger partial charge on any atom is 0.279 e. The molecule has 1 amide bonds. The van der Waals surface area contributed by atoms with Crippen LogP contribution in [0.2, 0.25) is 0 Å². The van der Waals surface area contributed by atoms with Crippen molar-refractivity contribution in [2.75, 3.05) is 17.5 Å². The number of para-hydroxylation sites is 1. The van der Waals surface area contributed by atoms with E-state index in [1.807, 2.05) is 49.4 Å². The number of benzene rings is 3. The van der Waals surface area contributed by atoms with Crippen molar-refractivity contribution >= 4 is 43.2 Å². The van der Waals surface area contributed by atoms with E-state index < -0.39 is 15.9 Å². The standard InChI is InChI=1S/C28H25N3O4S2/c1-3-17-30-25-16-13-22(35-4-2)19-26(25)36-28(30)29-27(32)21-11-14-23(15-12-21)37(33,34)31-18-7-9-20-8-5-6-10-24(20)31/h1,5-6,8,10-16,19H,4,7,9,17-18H2,2H3. The second-order valence-electron chi connectivity index (χ2n) is 8.49. The highest BCUT2D eigenvalue weighted by Crippen LogP contribution is 2.32. The van der Waals surface area contributed by atoms with Crippen molar-refractivity contribution < 1.29 is 17.9 Å². The van der Waals surface area contributed by atoms with Crippen LogP contribution in [0.15, 0.2) is 76.6 Å². The maximum atomic E-state index is 13.4. The average Bonchev–Trinajstić information content (AvgIpc) is 3.24. The van der Waals surface area contributed by atoms with Crippen molar-refractivity contribution in [1.82, 2.24) is 4.57 Å². The van der Waals surface area contributed by atoms with Crippen LogP contribution in [0.4, 0.5) is 5.69 Å². The third-order valence-corrected chi connectivity index (χ3v) is 9.04. The molecule has 188 valence electrons. The quantitative estimate of drug-likeness (QED) is 0.340. The van der Waals surface area contributed by atoms with Crippen LogP contribution in [-0.4, -0.2) is 32.0 Å². The summed E-state index contributed by atoms with van der Waals surface area (Å²) in [7, 11) is -3.76. The monoisotopic (exact) mass is 531 g/mol. The normalized spacial score (nSPS) is 13.8. The predicted octanol–water partition coefficient (Wildman–Crippen LogP) is 4.62. The van der Waals surface area contributed by atoms with Gasteiger partial charge in [-0.3, -0.25) is 9.10 Å². The molecule has 1 aromatic heterocycles. The molecule has 0 aliphatic carbocycles. The third-order valence-electron chi connectivity index (χ3n) is 6.17. The van der Waals surface area contributed by atoms with Crippen LogP contribution in [0.25, 0.3) is 10.2 Å². The van der Waals surface area contributed by atoms with E-state index in [0.717, 1.165) is 34.4 Å². The van der Waals surface area contributed by atoms with E-state index >= 15 is 0 Å². The molecule has 5 rings (SSSR count). The number of ether oxygens (including phenoxy) is 1. The molecule has 0 fully saturated rings. The SMILES string of the molecule is C#CCn1c(=NC(=O)c2ccc(S(=O)(=O)N3CCCc4ccccc43)cc2)sc2cc(OCC)ccc21. The molecule has 0 atom stereocenters. The van der Waals surface area contributed by atoms with Crippen LogP contribution in [0, 0.1) is 12.3 Å². The number of aryl methyl sites for hydroxylation is 1. The molecule has 1 aliphatic heterocycles. The number of aromatic nitrogens is 1. The number of fused-ring (bicyclic) bond motifs is 2. The molecule has 0 saturated heterocycles. The van der Waals surface area contributed by atoms with E-state index in [0.29, 0.717) is 23.6 Å². The summed E-state index contributed by atoms with van der Waals surface area (Å²) in [4.78, 5) is 18.0. The van der Waals surface area contributed by atoms with Crippen LogP contribution in [0.5, 0.6) is 5.75 Å². The number of thiazole rings is 1. The summed E-state index contributed by atoms with van der Waals surface area (Å²) in [5.41, 5.74) is 2.87. The van der Waals surface area contributed by atoms with E-state index in [2.05, 4.69) is 10.9 Å². The first-order valence-corrected chi connectivity index (χ1v) is 14.2. The van der Waals surface area contributed by atoms with Crippen molar-refractivity contribution in [2.24, 2.45) is 4.99 Å². The Morgan fingerprint density at radius 2 is 1.92 bits per heavy atom. The first-order valence-electron chi connectivity index (χ1n) is 11.9. The molecule has 2 heterocycles. The highest BCUT2D eigenvalue weighted by Gasteiger charge is 2.29. The summed E-state index contributed by atoms with van der Waals surface area (Å²) in [6.07, 6.45) is 7.17. The van der Waals surface area contributed by atoms with Crippen LogP contribution < -0.4 is 13.8 Å². The molecule has 0 radical (unpaired) electrons. The fourth-order valence-electron chi connectivity index (χ4n) is 4.44. The lowest BCUT2D eigenvalue weighted by atomic mass is 10.0. The minimum atomic E-state index is -3.76. The summed E-state index contributed by atoms with van der Waals surface area (Å²) in [6.45, 7) is 3.14. The first kappa shape index (κ1) is 24.8. The van der Waals surface area contributed by atoms with Crippen molar-refractivity contribution in [3.63, 3.8) is 0 Å². The molecule has 0 N–H and O–H groups in total. The molecule has 0 spiro atoms. The highest BCUT2D eigenvalue weighted by atomic mass is 32.2. The van der Waals surface area contributed by atoms with Gasteiger partial charge in [0.1, 0.15) is 5.75 Å². The largest absolute Gasteiger partial charge is 0.494 e. The van der Waals surface area contributed by atoms with Gasteiger partial charge in [0, 0.05) is 12.1 Å². The maximum absolute atomic E-state index is 13.4. The van der Waals surface area contributed by atoms with Crippen LogP contribution in [0.3, 0.4) is 0 Å². The van der Waals surface area contributed by atoms with Gasteiger partial charge in [-0.2, -0.15) is 4.99 Å². The lowest BCUT2D eigenvalue weighted by Crippen LogP contribution is -2.35. The Bertz CT molecular complexity index is 1690. The lowest BCUT2D eigenvalue weighted by Gasteiger charge is -2.30. The van der Waals surface area contributed by atoms with E-state index in [1.54, 1.807) is 4.57 Å². The lowest BCUT2D eigenvalue weighted by molar-refractivity contribution is 0.0998. The summed E-state index contributed by atoms with van der Waals surface area (Å²) < 4.78 is 36.5. The minimum Gasteiger partial charge on any atom is -0.494 e. The summed E-state index contributed by atoms with van der Waals surface area (Å²) in [6, 6.07) is 19.1. The second kappa shape index (κ2) is 10.2. The topological polar surface area (TPSA) is 81.0 Å². The second-order valence-corrected chi connectivity index (χ2v) is 11.4. The number of terminal acetylenes is 1. The van der Waals surface area contributed by atoms with Crippen LogP contribution in [-0.2, 0) is 23.0 Å². The zero-order chi connectivity index (χ0) is 26.0. The number of nitrogens with zero attached hydrogens (tertiary/aromatic N) is 3.